The van der Waals surface area contributed by atoms with E-state index in [9.17, 15) is 14.7 Å². The molecule has 1 saturated heterocycles. The molecule has 1 aromatic heterocycles. The molecule has 3 aromatic rings. The lowest BCUT2D eigenvalue weighted by Gasteiger charge is -2.27. The summed E-state index contributed by atoms with van der Waals surface area (Å²) in [4.78, 5) is 34.3. The number of aromatic nitrogens is 1. The number of nitrogens with zero attached hydrogens (tertiary/aromatic N) is 3. The van der Waals surface area contributed by atoms with E-state index in [1.165, 1.54) is 24.1 Å². The van der Waals surface area contributed by atoms with Gasteiger partial charge in [-0.15, -0.1) is 0 Å². The van der Waals surface area contributed by atoms with Crippen molar-refractivity contribution in [3.8, 4) is 5.75 Å². The number of hydrogen-bond donors (Lipinski definition) is 1. The molecule has 0 aliphatic carbocycles. The van der Waals surface area contributed by atoms with Crippen LogP contribution in [-0.4, -0.2) is 46.9 Å². The van der Waals surface area contributed by atoms with E-state index >= 15 is 0 Å². The maximum atomic E-state index is 13.3. The molecular weight excluding hydrogens is 513 g/mol. The fraction of sp³-hybridized carbons (Fsp3) is 0.250. The number of ether oxygens (including phenoxy) is 1. The number of carbonyl (C=O) groups excluding carboxylic acids is 2. The molecule has 4 rings (SSSR count). The summed E-state index contributed by atoms with van der Waals surface area (Å²) in [5.41, 5.74) is 2.69. The zero-order chi connectivity index (χ0) is 26.7. The molecule has 1 aliphatic rings. The summed E-state index contributed by atoms with van der Waals surface area (Å²) in [6, 6.07) is 13.3. The molecule has 37 heavy (non-hydrogen) atoms. The van der Waals surface area contributed by atoms with E-state index in [1.54, 1.807) is 24.5 Å². The highest BCUT2D eigenvalue weighted by Crippen LogP contribution is 2.42. The van der Waals surface area contributed by atoms with E-state index in [4.69, 9.17) is 27.9 Å². The Labute approximate surface area is 225 Å². The van der Waals surface area contributed by atoms with Crippen molar-refractivity contribution in [2.45, 2.75) is 26.4 Å². The van der Waals surface area contributed by atoms with Gasteiger partial charge in [-0.2, -0.15) is 0 Å². The third-order valence-corrected chi connectivity index (χ3v) is 7.02. The molecule has 0 radical (unpaired) electrons. The van der Waals surface area contributed by atoms with E-state index < -0.39 is 17.7 Å². The minimum atomic E-state index is -0.821. The van der Waals surface area contributed by atoms with Crippen molar-refractivity contribution in [2.75, 3.05) is 25.1 Å². The van der Waals surface area contributed by atoms with Crippen LogP contribution in [-0.2, 0) is 16.1 Å². The topological polar surface area (TPSA) is 83.0 Å². The van der Waals surface area contributed by atoms with Crippen LogP contribution in [0.4, 0.5) is 5.69 Å². The van der Waals surface area contributed by atoms with Crippen molar-refractivity contribution in [1.82, 2.24) is 9.88 Å². The number of hydrogen-bond acceptors (Lipinski definition) is 6. The number of likely N-dealkylation sites (tertiary alicyclic amines) is 1. The fourth-order valence-electron chi connectivity index (χ4n) is 4.58. The summed E-state index contributed by atoms with van der Waals surface area (Å²) in [6.45, 7) is 6.00. The molecule has 1 aliphatic heterocycles. The zero-order valence-electron chi connectivity index (χ0n) is 20.7. The van der Waals surface area contributed by atoms with Crippen LogP contribution in [0, 0.1) is 0 Å². The van der Waals surface area contributed by atoms with Gasteiger partial charge in [0.05, 0.1) is 28.8 Å². The number of anilines is 1. The van der Waals surface area contributed by atoms with E-state index in [2.05, 4.69) is 23.7 Å². The van der Waals surface area contributed by atoms with Crippen molar-refractivity contribution in [2.24, 2.45) is 0 Å². The first-order valence-corrected chi connectivity index (χ1v) is 12.6. The lowest BCUT2D eigenvalue weighted by atomic mass is 9.95. The maximum absolute atomic E-state index is 13.3. The van der Waals surface area contributed by atoms with Gasteiger partial charge in [0, 0.05) is 43.3 Å². The van der Waals surface area contributed by atoms with Crippen molar-refractivity contribution in [3.05, 3.63) is 93.2 Å². The molecule has 9 heteroatoms. The average molecular weight is 540 g/mol. The Bertz CT molecular complexity index is 1320. The Morgan fingerprint density at radius 2 is 1.62 bits per heavy atom. The summed E-state index contributed by atoms with van der Waals surface area (Å²) in [6.07, 6.45) is 3.25. The Kier molecular flexibility index (Phi) is 8.05. The first kappa shape index (κ1) is 26.5. The first-order valence-electron chi connectivity index (χ1n) is 11.9. The Morgan fingerprint density at radius 3 is 2.16 bits per heavy atom. The molecule has 0 bridgehead atoms. The van der Waals surface area contributed by atoms with Gasteiger partial charge in [-0.3, -0.25) is 14.6 Å². The van der Waals surface area contributed by atoms with Crippen LogP contribution in [0.15, 0.2) is 66.5 Å². The van der Waals surface area contributed by atoms with E-state index in [0.29, 0.717) is 5.56 Å². The zero-order valence-corrected chi connectivity index (χ0v) is 22.3. The van der Waals surface area contributed by atoms with E-state index in [1.807, 2.05) is 24.3 Å². The normalized spacial score (nSPS) is 16.8. The Morgan fingerprint density at radius 1 is 1.03 bits per heavy atom. The lowest BCUT2D eigenvalue weighted by Crippen LogP contribution is -2.29. The minimum absolute atomic E-state index is 0.0352. The standard InChI is InChI=1S/C28H27Cl2N3O4/c1-4-32(5-2)20-8-6-18(7-9-20)24-23(25(34)19-14-21(29)27(37-3)22(30)15-19)26(35)28(36)33(24)16-17-10-12-31-13-11-17/h6-15,24,34H,4-5,16H2,1-3H3/b25-23+. The summed E-state index contributed by atoms with van der Waals surface area (Å²) >= 11 is 12.6. The quantitative estimate of drug-likeness (QED) is 0.219. The Balaban J connectivity index is 1.86. The predicted molar refractivity (Wildman–Crippen MR) is 145 cm³/mol. The number of amides is 1. The number of rotatable bonds is 8. The van der Waals surface area contributed by atoms with Crippen molar-refractivity contribution in [3.63, 3.8) is 0 Å². The van der Waals surface area contributed by atoms with Crippen LogP contribution < -0.4 is 9.64 Å². The fourth-order valence-corrected chi connectivity index (χ4v) is 5.22. The van der Waals surface area contributed by atoms with Gasteiger partial charge < -0.3 is 19.6 Å². The number of pyridine rings is 1. The monoisotopic (exact) mass is 539 g/mol. The average Bonchev–Trinajstić information content (AvgIpc) is 3.14. The van der Waals surface area contributed by atoms with Crippen LogP contribution in [0.3, 0.4) is 0 Å². The van der Waals surface area contributed by atoms with Crippen molar-refractivity contribution >= 4 is 46.3 Å². The molecule has 0 saturated carbocycles. The number of aliphatic hydroxyl groups is 1. The first-order chi connectivity index (χ1) is 17.8. The molecule has 7 nitrogen and oxygen atoms in total. The number of aliphatic hydroxyl groups excluding tert-OH is 1. The number of halogens is 2. The van der Waals surface area contributed by atoms with Gasteiger partial charge in [-0.1, -0.05) is 35.3 Å². The highest BCUT2D eigenvalue weighted by atomic mass is 35.5. The highest BCUT2D eigenvalue weighted by molar-refractivity contribution is 6.46. The molecule has 1 unspecified atom stereocenters. The van der Waals surface area contributed by atoms with Gasteiger partial charge in [-0.25, -0.2) is 0 Å². The maximum Gasteiger partial charge on any atom is 0.295 e. The molecule has 1 atom stereocenters. The molecule has 192 valence electrons. The second kappa shape index (κ2) is 11.2. The SMILES string of the molecule is CCN(CC)c1ccc(C2/C(=C(\O)c3cc(Cl)c(OC)c(Cl)c3)C(=O)C(=O)N2Cc2ccncc2)cc1. The van der Waals surface area contributed by atoms with Gasteiger partial charge >= 0.3 is 0 Å². The molecule has 1 N–H and O–H groups in total. The summed E-state index contributed by atoms with van der Waals surface area (Å²) in [5, 5.41) is 11.7. The van der Waals surface area contributed by atoms with E-state index in [-0.39, 0.29) is 39.2 Å². The van der Waals surface area contributed by atoms with Crippen molar-refractivity contribution in [1.29, 1.82) is 0 Å². The summed E-state index contributed by atoms with van der Waals surface area (Å²) in [7, 11) is 1.43. The van der Waals surface area contributed by atoms with Crippen LogP contribution in [0.1, 0.15) is 36.6 Å². The van der Waals surface area contributed by atoms with Gasteiger partial charge in [-0.05, 0) is 61.4 Å². The van der Waals surface area contributed by atoms with Gasteiger partial charge in [0.2, 0.25) is 0 Å². The summed E-state index contributed by atoms with van der Waals surface area (Å²) in [5.74, 6) is -1.60. The molecule has 2 heterocycles. The Hall–Kier alpha value is -3.55. The van der Waals surface area contributed by atoms with Gasteiger partial charge in [0.25, 0.3) is 11.7 Å². The molecular formula is C28H27Cl2N3O4. The second-order valence-corrected chi connectivity index (χ2v) is 9.33. The van der Waals surface area contributed by atoms with Gasteiger partial charge in [0.15, 0.2) is 5.75 Å². The number of ketones is 1. The smallest absolute Gasteiger partial charge is 0.295 e. The predicted octanol–water partition coefficient (Wildman–Crippen LogP) is 5.87. The van der Waals surface area contributed by atoms with Crippen molar-refractivity contribution < 1.29 is 19.4 Å². The minimum Gasteiger partial charge on any atom is -0.507 e. The highest BCUT2D eigenvalue weighted by Gasteiger charge is 2.46. The molecule has 0 spiro atoms. The summed E-state index contributed by atoms with van der Waals surface area (Å²) < 4.78 is 5.20. The van der Waals surface area contributed by atoms with Crippen LogP contribution in [0.25, 0.3) is 5.76 Å². The van der Waals surface area contributed by atoms with Crippen LogP contribution >= 0.6 is 23.2 Å². The third-order valence-electron chi connectivity index (χ3n) is 6.46. The number of Topliss-reactive ketones (excluding diaryl/α,β-unsaturated/α-hetero) is 1. The number of benzene rings is 2. The molecule has 1 amide bonds. The molecule has 1 fully saturated rings. The van der Waals surface area contributed by atoms with Gasteiger partial charge in [0.1, 0.15) is 5.76 Å². The second-order valence-electron chi connectivity index (χ2n) is 8.52. The van der Waals surface area contributed by atoms with Crippen LogP contribution in [0.5, 0.6) is 5.75 Å². The molecule has 2 aromatic carbocycles. The third kappa shape index (κ3) is 5.15. The lowest BCUT2D eigenvalue weighted by molar-refractivity contribution is -0.140. The number of carbonyl (C=O) groups is 2. The van der Waals surface area contributed by atoms with E-state index in [0.717, 1.165) is 24.3 Å². The largest absolute Gasteiger partial charge is 0.507 e. The van der Waals surface area contributed by atoms with Crippen LogP contribution in [0.2, 0.25) is 10.0 Å². The number of methoxy groups -OCH3 is 1.